The number of nitrogens with one attached hydrogen (secondary N) is 1. The fourth-order valence-corrected chi connectivity index (χ4v) is 2.17. The predicted molar refractivity (Wildman–Crippen MR) is 53.0 cm³/mol. The first-order valence-corrected chi connectivity index (χ1v) is 5.43. The number of piperazine rings is 1. The van der Waals surface area contributed by atoms with Gasteiger partial charge in [-0.05, 0) is 19.8 Å². The second-order valence-electron chi connectivity index (χ2n) is 3.97. The smallest absolute Gasteiger partial charge is 0.236 e. The summed E-state index contributed by atoms with van der Waals surface area (Å²) in [5.74, 6) is 0.246. The summed E-state index contributed by atoms with van der Waals surface area (Å²) in [6.07, 6.45) is 2.45. The molecule has 0 aromatic rings. The summed E-state index contributed by atoms with van der Waals surface area (Å²) < 4.78 is 5.48. The lowest BCUT2D eigenvalue weighted by Crippen LogP contribution is -2.57. The number of hydrogen-bond donors (Lipinski definition) is 1. The number of amides is 1. The van der Waals surface area contributed by atoms with Gasteiger partial charge in [-0.2, -0.15) is 0 Å². The largest absolute Gasteiger partial charge is 0.378 e. The van der Waals surface area contributed by atoms with Crippen LogP contribution in [0.15, 0.2) is 0 Å². The molecule has 0 bridgehead atoms. The lowest BCUT2D eigenvalue weighted by atomic mass is 9.87. The molecule has 0 atom stereocenters. The van der Waals surface area contributed by atoms with Crippen LogP contribution in [0.1, 0.15) is 19.8 Å². The van der Waals surface area contributed by atoms with Gasteiger partial charge in [0.2, 0.25) is 5.91 Å². The zero-order valence-electron chi connectivity index (χ0n) is 8.66. The summed E-state index contributed by atoms with van der Waals surface area (Å²) in [5, 5.41) is 3.08. The summed E-state index contributed by atoms with van der Waals surface area (Å²) >= 11 is 0. The molecule has 4 heteroatoms. The normalized spacial score (nSPS) is 32.9. The van der Waals surface area contributed by atoms with E-state index in [4.69, 9.17) is 4.74 Å². The highest BCUT2D eigenvalue weighted by atomic mass is 16.5. The van der Waals surface area contributed by atoms with Crippen molar-refractivity contribution in [2.75, 3.05) is 26.2 Å². The highest BCUT2D eigenvalue weighted by molar-refractivity contribution is 5.79. The van der Waals surface area contributed by atoms with Gasteiger partial charge in [0, 0.05) is 25.7 Å². The van der Waals surface area contributed by atoms with E-state index in [-0.39, 0.29) is 5.91 Å². The lowest BCUT2D eigenvalue weighted by molar-refractivity contribution is -0.140. The summed E-state index contributed by atoms with van der Waals surface area (Å²) in [5.41, 5.74) is 0. The predicted octanol–water partition coefficient (Wildman–Crippen LogP) is -0.0143. The SMILES string of the molecule is CCOC1CC(N2CCNCC2=O)C1. The Kier molecular flexibility index (Phi) is 3.03. The van der Waals surface area contributed by atoms with Crippen molar-refractivity contribution >= 4 is 5.91 Å². The Morgan fingerprint density at radius 3 is 3.00 bits per heavy atom. The molecule has 1 amide bonds. The molecule has 4 nitrogen and oxygen atoms in total. The monoisotopic (exact) mass is 198 g/mol. The molecule has 0 aromatic heterocycles. The first-order chi connectivity index (χ1) is 6.81. The van der Waals surface area contributed by atoms with Crippen molar-refractivity contribution in [3.05, 3.63) is 0 Å². The molecule has 1 N–H and O–H groups in total. The molecule has 80 valence electrons. The third kappa shape index (κ3) is 1.91. The van der Waals surface area contributed by atoms with Crippen LogP contribution in [-0.2, 0) is 9.53 Å². The Bertz CT molecular complexity index is 214. The third-order valence-electron chi connectivity index (χ3n) is 3.04. The molecule has 1 saturated heterocycles. The van der Waals surface area contributed by atoms with Gasteiger partial charge in [-0.1, -0.05) is 0 Å². The molecule has 2 aliphatic rings. The molecule has 0 aromatic carbocycles. The van der Waals surface area contributed by atoms with Gasteiger partial charge in [-0.25, -0.2) is 0 Å². The molecule has 2 rings (SSSR count). The maximum Gasteiger partial charge on any atom is 0.236 e. The van der Waals surface area contributed by atoms with Crippen LogP contribution < -0.4 is 5.32 Å². The number of carbonyl (C=O) groups is 1. The van der Waals surface area contributed by atoms with E-state index in [0.717, 1.165) is 32.5 Å². The van der Waals surface area contributed by atoms with Gasteiger partial charge in [0.1, 0.15) is 0 Å². The highest BCUT2D eigenvalue weighted by Crippen LogP contribution is 2.28. The molecule has 1 aliphatic carbocycles. The Morgan fingerprint density at radius 2 is 2.36 bits per heavy atom. The summed E-state index contributed by atoms with van der Waals surface area (Å²) in [6, 6.07) is 0.446. The van der Waals surface area contributed by atoms with Crippen molar-refractivity contribution in [3.63, 3.8) is 0 Å². The average molecular weight is 198 g/mol. The summed E-state index contributed by atoms with van der Waals surface area (Å²) in [7, 11) is 0. The second-order valence-corrected chi connectivity index (χ2v) is 3.97. The van der Waals surface area contributed by atoms with E-state index in [9.17, 15) is 4.79 Å². The van der Waals surface area contributed by atoms with Crippen molar-refractivity contribution in [1.82, 2.24) is 10.2 Å². The van der Waals surface area contributed by atoms with Gasteiger partial charge in [0.05, 0.1) is 12.6 Å². The van der Waals surface area contributed by atoms with Crippen LogP contribution in [0.5, 0.6) is 0 Å². The van der Waals surface area contributed by atoms with Crippen LogP contribution in [0.3, 0.4) is 0 Å². The van der Waals surface area contributed by atoms with Gasteiger partial charge >= 0.3 is 0 Å². The van der Waals surface area contributed by atoms with Crippen LogP contribution >= 0.6 is 0 Å². The first-order valence-electron chi connectivity index (χ1n) is 5.43. The number of carbonyl (C=O) groups excluding carboxylic acids is 1. The summed E-state index contributed by atoms with van der Waals surface area (Å²) in [6.45, 7) is 5.11. The fourth-order valence-electron chi connectivity index (χ4n) is 2.17. The Balaban J connectivity index is 1.77. The minimum atomic E-state index is 0.246. The van der Waals surface area contributed by atoms with Crippen molar-refractivity contribution in [2.45, 2.75) is 31.9 Å². The zero-order valence-corrected chi connectivity index (χ0v) is 8.66. The average Bonchev–Trinajstić information content (AvgIpc) is 2.12. The third-order valence-corrected chi connectivity index (χ3v) is 3.04. The van der Waals surface area contributed by atoms with Gasteiger partial charge in [-0.3, -0.25) is 4.79 Å². The molecule has 0 spiro atoms. The van der Waals surface area contributed by atoms with Crippen LogP contribution in [0.4, 0.5) is 0 Å². The van der Waals surface area contributed by atoms with Crippen LogP contribution in [0, 0.1) is 0 Å². The Morgan fingerprint density at radius 1 is 1.57 bits per heavy atom. The minimum Gasteiger partial charge on any atom is -0.378 e. The van der Waals surface area contributed by atoms with E-state index < -0.39 is 0 Å². The van der Waals surface area contributed by atoms with Gasteiger partial charge < -0.3 is 15.0 Å². The number of hydrogen-bond acceptors (Lipinski definition) is 3. The van der Waals surface area contributed by atoms with E-state index in [2.05, 4.69) is 5.32 Å². The first kappa shape index (κ1) is 9.93. The Hall–Kier alpha value is -0.610. The van der Waals surface area contributed by atoms with Crippen LogP contribution in [-0.4, -0.2) is 49.2 Å². The van der Waals surface area contributed by atoms with Crippen molar-refractivity contribution in [2.24, 2.45) is 0 Å². The molecule has 1 aliphatic heterocycles. The maximum absolute atomic E-state index is 11.5. The maximum atomic E-state index is 11.5. The van der Waals surface area contributed by atoms with Crippen LogP contribution in [0.2, 0.25) is 0 Å². The fraction of sp³-hybridized carbons (Fsp3) is 0.900. The molecule has 2 fully saturated rings. The number of ether oxygens (including phenoxy) is 1. The van der Waals surface area contributed by atoms with Crippen molar-refractivity contribution in [3.8, 4) is 0 Å². The summed E-state index contributed by atoms with van der Waals surface area (Å²) in [4.78, 5) is 13.5. The number of nitrogens with zero attached hydrogens (tertiary/aromatic N) is 1. The van der Waals surface area contributed by atoms with Gasteiger partial charge in [-0.15, -0.1) is 0 Å². The van der Waals surface area contributed by atoms with Crippen molar-refractivity contribution < 1.29 is 9.53 Å². The van der Waals surface area contributed by atoms with E-state index in [1.54, 1.807) is 0 Å². The van der Waals surface area contributed by atoms with Crippen molar-refractivity contribution in [1.29, 1.82) is 0 Å². The van der Waals surface area contributed by atoms with E-state index in [1.807, 2.05) is 11.8 Å². The molecule has 14 heavy (non-hydrogen) atoms. The molecule has 0 unspecified atom stereocenters. The van der Waals surface area contributed by atoms with Gasteiger partial charge in [0.15, 0.2) is 0 Å². The molecular formula is C10H18N2O2. The molecular weight excluding hydrogens is 180 g/mol. The second kappa shape index (κ2) is 4.28. The lowest BCUT2D eigenvalue weighted by Gasteiger charge is -2.44. The minimum absolute atomic E-state index is 0.246. The molecule has 1 heterocycles. The quantitative estimate of drug-likeness (QED) is 0.693. The standard InChI is InChI=1S/C10H18N2O2/c1-2-14-9-5-8(6-9)12-4-3-11-7-10(12)13/h8-9,11H,2-7H2,1H3. The molecule has 1 saturated carbocycles. The number of rotatable bonds is 3. The molecule has 0 radical (unpaired) electrons. The van der Waals surface area contributed by atoms with E-state index in [1.165, 1.54) is 0 Å². The van der Waals surface area contributed by atoms with Crippen LogP contribution in [0.25, 0.3) is 0 Å². The van der Waals surface area contributed by atoms with E-state index >= 15 is 0 Å². The zero-order chi connectivity index (χ0) is 9.97. The Labute approximate surface area is 84.6 Å². The highest BCUT2D eigenvalue weighted by Gasteiger charge is 2.36. The van der Waals surface area contributed by atoms with E-state index in [0.29, 0.717) is 18.7 Å². The topological polar surface area (TPSA) is 41.6 Å². The van der Waals surface area contributed by atoms with Gasteiger partial charge in [0.25, 0.3) is 0 Å².